The van der Waals surface area contributed by atoms with Crippen molar-refractivity contribution in [1.82, 2.24) is 9.55 Å². The molecule has 0 bridgehead atoms. The van der Waals surface area contributed by atoms with E-state index in [1.54, 1.807) is 18.2 Å². The van der Waals surface area contributed by atoms with Crippen LogP contribution in [0.1, 0.15) is 0 Å². The zero-order chi connectivity index (χ0) is 11.7. The lowest BCUT2D eigenvalue weighted by molar-refractivity contribution is 0.769. The Morgan fingerprint density at radius 3 is 3.00 bits per heavy atom. The highest BCUT2D eigenvalue weighted by atomic mass is 127. The number of allylic oxidation sites excluding steroid dienone is 1. The van der Waals surface area contributed by atoms with Crippen molar-refractivity contribution in [3.63, 3.8) is 0 Å². The first-order valence-electron chi connectivity index (χ1n) is 4.60. The van der Waals surface area contributed by atoms with Gasteiger partial charge in [0.05, 0.1) is 10.9 Å². The van der Waals surface area contributed by atoms with Crippen molar-refractivity contribution < 1.29 is 0 Å². The van der Waals surface area contributed by atoms with E-state index in [-0.39, 0.29) is 10.8 Å². The number of benzene rings is 1. The van der Waals surface area contributed by atoms with Crippen molar-refractivity contribution in [3.8, 4) is 0 Å². The molecule has 1 aromatic carbocycles. The molecule has 1 heterocycles. The molecule has 3 nitrogen and oxygen atoms in total. The van der Waals surface area contributed by atoms with Gasteiger partial charge in [-0.3, -0.25) is 9.36 Å². The molecule has 16 heavy (non-hydrogen) atoms. The van der Waals surface area contributed by atoms with Crippen LogP contribution in [-0.4, -0.2) is 9.55 Å². The second-order valence-electron chi connectivity index (χ2n) is 3.25. The molecule has 0 spiro atoms. The molecule has 1 aromatic heterocycles. The molecular formula is C11H8ClIN2O. The molecule has 0 aliphatic carbocycles. The number of rotatable bonds is 2. The normalized spacial score (nSPS) is 10.6. The lowest BCUT2D eigenvalue weighted by Crippen LogP contribution is -2.21. The Hall–Kier alpha value is -0.880. The minimum atomic E-state index is -0.131. The van der Waals surface area contributed by atoms with Crippen LogP contribution in [-0.2, 0) is 6.54 Å². The quantitative estimate of drug-likeness (QED) is 0.476. The van der Waals surface area contributed by atoms with Crippen LogP contribution in [0.5, 0.6) is 0 Å². The first-order valence-corrected chi connectivity index (χ1v) is 6.05. The second-order valence-corrected chi connectivity index (χ2v) is 4.83. The zero-order valence-corrected chi connectivity index (χ0v) is 11.2. The Kier molecular flexibility index (Phi) is 3.30. The zero-order valence-electron chi connectivity index (χ0n) is 8.28. The van der Waals surface area contributed by atoms with E-state index in [1.807, 2.05) is 6.07 Å². The first-order chi connectivity index (χ1) is 7.63. The third-order valence-corrected chi connectivity index (χ3v) is 3.14. The Labute approximate surface area is 111 Å². The van der Waals surface area contributed by atoms with E-state index < -0.39 is 0 Å². The Morgan fingerprint density at radius 1 is 1.56 bits per heavy atom. The number of aromatic nitrogens is 2. The van der Waals surface area contributed by atoms with Crippen molar-refractivity contribution in [2.24, 2.45) is 0 Å². The maximum absolute atomic E-state index is 12.1. The molecule has 0 fully saturated rings. The summed E-state index contributed by atoms with van der Waals surface area (Å²) in [7, 11) is 0. The molecule has 82 valence electrons. The van der Waals surface area contributed by atoms with Gasteiger partial charge in [-0.2, -0.15) is 0 Å². The summed E-state index contributed by atoms with van der Waals surface area (Å²) in [6, 6.07) is 5.49. The third-order valence-electron chi connectivity index (χ3n) is 2.18. The van der Waals surface area contributed by atoms with Crippen molar-refractivity contribution >= 4 is 45.1 Å². The fourth-order valence-corrected chi connectivity index (χ4v) is 2.18. The third kappa shape index (κ3) is 1.99. The minimum Gasteiger partial charge on any atom is -0.279 e. The van der Waals surface area contributed by atoms with Crippen molar-refractivity contribution in [2.75, 3.05) is 0 Å². The summed E-state index contributed by atoms with van der Waals surface area (Å²) in [4.78, 5) is 16.3. The van der Waals surface area contributed by atoms with E-state index in [2.05, 4.69) is 34.2 Å². The number of fused-ring (bicyclic) bond motifs is 1. The number of hydrogen-bond donors (Lipinski definition) is 0. The summed E-state index contributed by atoms with van der Waals surface area (Å²) in [5.41, 5.74) is 0.490. The van der Waals surface area contributed by atoms with E-state index in [9.17, 15) is 4.79 Å². The lowest BCUT2D eigenvalue weighted by atomic mass is 10.2. The highest BCUT2D eigenvalue weighted by Crippen LogP contribution is 2.14. The first kappa shape index (κ1) is 11.6. The largest absolute Gasteiger partial charge is 0.279 e. The summed E-state index contributed by atoms with van der Waals surface area (Å²) >= 11 is 8.09. The molecule has 0 radical (unpaired) electrons. The van der Waals surface area contributed by atoms with Crippen molar-refractivity contribution in [1.29, 1.82) is 0 Å². The molecule has 0 N–H and O–H groups in total. The fourth-order valence-electron chi connectivity index (χ4n) is 1.45. The van der Waals surface area contributed by atoms with Crippen LogP contribution in [0.25, 0.3) is 10.9 Å². The molecule has 0 aliphatic heterocycles. The van der Waals surface area contributed by atoms with Gasteiger partial charge in [0.1, 0.15) is 0 Å². The van der Waals surface area contributed by atoms with Crippen LogP contribution in [0, 0.1) is 3.57 Å². The predicted molar refractivity (Wildman–Crippen MR) is 73.9 cm³/mol. The highest BCUT2D eigenvalue weighted by molar-refractivity contribution is 14.1. The van der Waals surface area contributed by atoms with Crippen LogP contribution >= 0.6 is 34.2 Å². The van der Waals surface area contributed by atoms with Gasteiger partial charge in [0.2, 0.25) is 5.28 Å². The average Bonchev–Trinajstić information content (AvgIpc) is 2.26. The SMILES string of the molecule is C=CCn1c(Cl)nc2ccc(I)cc2c1=O. The highest BCUT2D eigenvalue weighted by Gasteiger charge is 2.08. The van der Waals surface area contributed by atoms with E-state index in [1.165, 1.54) is 4.57 Å². The van der Waals surface area contributed by atoms with Gasteiger partial charge in [-0.15, -0.1) is 6.58 Å². The van der Waals surface area contributed by atoms with E-state index in [4.69, 9.17) is 11.6 Å². The molecule has 5 heteroatoms. The number of hydrogen-bond acceptors (Lipinski definition) is 2. The molecule has 0 saturated carbocycles. The maximum atomic E-state index is 12.1. The Bertz CT molecular complexity index is 621. The maximum Gasteiger partial charge on any atom is 0.262 e. The van der Waals surface area contributed by atoms with Crippen LogP contribution in [0.4, 0.5) is 0 Å². The molecule has 0 unspecified atom stereocenters. The van der Waals surface area contributed by atoms with Crippen LogP contribution in [0.3, 0.4) is 0 Å². The Balaban J connectivity index is 2.85. The van der Waals surface area contributed by atoms with Crippen molar-refractivity contribution in [3.05, 3.63) is 50.1 Å². The summed E-state index contributed by atoms with van der Waals surface area (Å²) in [5, 5.41) is 0.775. The van der Waals surface area contributed by atoms with Crippen LogP contribution in [0.15, 0.2) is 35.6 Å². The van der Waals surface area contributed by atoms with Gasteiger partial charge in [0.15, 0.2) is 0 Å². The smallest absolute Gasteiger partial charge is 0.262 e. The monoisotopic (exact) mass is 346 g/mol. The molecule has 0 saturated heterocycles. The summed E-state index contributed by atoms with van der Waals surface area (Å²) in [6.07, 6.45) is 1.62. The molecule has 2 aromatic rings. The van der Waals surface area contributed by atoms with E-state index in [0.29, 0.717) is 17.4 Å². The van der Waals surface area contributed by atoms with Gasteiger partial charge in [-0.25, -0.2) is 4.98 Å². The van der Waals surface area contributed by atoms with Gasteiger partial charge in [0, 0.05) is 10.1 Å². The van der Waals surface area contributed by atoms with Gasteiger partial charge < -0.3 is 0 Å². The predicted octanol–water partition coefficient (Wildman–Crippen LogP) is 2.84. The van der Waals surface area contributed by atoms with Crippen LogP contribution in [0.2, 0.25) is 5.28 Å². The summed E-state index contributed by atoms with van der Waals surface area (Å²) in [5.74, 6) is 0. The summed E-state index contributed by atoms with van der Waals surface area (Å²) < 4.78 is 2.39. The molecule has 2 rings (SSSR count). The minimum absolute atomic E-state index is 0.131. The molecule has 0 aliphatic rings. The van der Waals surface area contributed by atoms with Gasteiger partial charge >= 0.3 is 0 Å². The lowest BCUT2D eigenvalue weighted by Gasteiger charge is -2.06. The average molecular weight is 347 g/mol. The van der Waals surface area contributed by atoms with Gasteiger partial charge in [0.25, 0.3) is 5.56 Å². The second kappa shape index (κ2) is 4.55. The van der Waals surface area contributed by atoms with Gasteiger partial charge in [-0.1, -0.05) is 6.08 Å². The molecular weight excluding hydrogens is 338 g/mol. The number of nitrogens with zero attached hydrogens (tertiary/aromatic N) is 2. The molecule has 0 amide bonds. The van der Waals surface area contributed by atoms with E-state index in [0.717, 1.165) is 3.57 Å². The standard InChI is InChI=1S/C11H8ClIN2O/c1-2-5-15-10(16)8-6-7(13)3-4-9(8)14-11(15)12/h2-4,6H,1,5H2. The summed E-state index contributed by atoms with van der Waals surface area (Å²) in [6.45, 7) is 3.96. The van der Waals surface area contributed by atoms with Gasteiger partial charge in [-0.05, 0) is 52.4 Å². The van der Waals surface area contributed by atoms with E-state index >= 15 is 0 Å². The fraction of sp³-hybridized carbons (Fsp3) is 0.0909. The topological polar surface area (TPSA) is 34.9 Å². The van der Waals surface area contributed by atoms with Crippen molar-refractivity contribution in [2.45, 2.75) is 6.54 Å². The number of halogens is 2. The Morgan fingerprint density at radius 2 is 2.31 bits per heavy atom. The molecule has 0 atom stereocenters. The van der Waals surface area contributed by atoms with Crippen LogP contribution < -0.4 is 5.56 Å².